The summed E-state index contributed by atoms with van der Waals surface area (Å²) in [5.41, 5.74) is 7.84. The fourth-order valence-corrected chi connectivity index (χ4v) is 8.48. The summed E-state index contributed by atoms with van der Waals surface area (Å²) in [6, 6.07) is 28.9. The lowest BCUT2D eigenvalue weighted by molar-refractivity contribution is -0.583. The zero-order valence-electron chi connectivity index (χ0n) is 37.2. The first-order chi connectivity index (χ1) is 32.9. The van der Waals surface area contributed by atoms with Crippen LogP contribution in [0.4, 0.5) is 23.3 Å². The first-order valence-corrected chi connectivity index (χ1v) is 22.7. The number of aromatic nitrogens is 8. The maximum Gasteiger partial charge on any atom is 0.402 e. The molecule has 67 heavy (non-hydrogen) atoms. The van der Waals surface area contributed by atoms with Crippen molar-refractivity contribution in [2.45, 2.75) is 19.3 Å². The molecular formula is C50H52N13O4+. The number of aromatic amines is 2. The lowest BCUT2D eigenvalue weighted by Gasteiger charge is -2.27. The van der Waals surface area contributed by atoms with E-state index in [9.17, 15) is 9.59 Å². The quantitative estimate of drug-likeness (QED) is 0.0687. The summed E-state index contributed by atoms with van der Waals surface area (Å²) in [6.07, 6.45) is 9.97. The molecule has 5 N–H and O–H groups in total. The van der Waals surface area contributed by atoms with Gasteiger partial charge in [-0.2, -0.15) is 0 Å². The number of ether oxygens (including phenoxy) is 2. The number of carbonyl (C=O) groups excluding carboxylic acids is 2. The van der Waals surface area contributed by atoms with E-state index in [1.165, 1.54) is 0 Å². The van der Waals surface area contributed by atoms with Gasteiger partial charge in [-0.15, -0.1) is 0 Å². The highest BCUT2D eigenvalue weighted by Gasteiger charge is 2.21. The Kier molecular flexibility index (Phi) is 12.8. The average molecular weight is 899 g/mol. The van der Waals surface area contributed by atoms with Gasteiger partial charge in [0.25, 0.3) is 11.8 Å². The van der Waals surface area contributed by atoms with Crippen LogP contribution < -0.4 is 20.5 Å². The van der Waals surface area contributed by atoms with Crippen molar-refractivity contribution in [1.82, 2.24) is 50.0 Å². The number of benzene rings is 2. The van der Waals surface area contributed by atoms with Gasteiger partial charge in [0.05, 0.1) is 42.7 Å². The summed E-state index contributed by atoms with van der Waals surface area (Å²) in [7, 11) is 1.85. The van der Waals surface area contributed by atoms with Crippen LogP contribution >= 0.6 is 0 Å². The van der Waals surface area contributed by atoms with Gasteiger partial charge in [-0.1, -0.05) is 11.1 Å². The molecule has 0 radical (unpaired) electrons. The second kappa shape index (κ2) is 19.9. The predicted molar refractivity (Wildman–Crippen MR) is 256 cm³/mol. The number of hydrogen-bond donors (Lipinski definition) is 5. The van der Waals surface area contributed by atoms with E-state index in [0.29, 0.717) is 59.4 Å². The van der Waals surface area contributed by atoms with Crippen molar-refractivity contribution in [2.75, 3.05) is 76.8 Å². The number of morpholine rings is 1. The molecule has 2 aromatic carbocycles. The van der Waals surface area contributed by atoms with Crippen molar-refractivity contribution in [3.8, 4) is 28.5 Å². The fourth-order valence-electron chi connectivity index (χ4n) is 8.48. The number of anilines is 4. The SMILES string of the molecule is CN(CCCN1CCOCC1)C(=O)c1cc2cc(Nc3nc(-c4ccccn4)cc[n+]3-c3ccc(-c4ccnc(Nc5ccc6[nH]c(C(=O)NCC7CCOCC7)cc6c5)n4)nc3)ccc2[nH]1. The Balaban J connectivity index is 0.836. The summed E-state index contributed by atoms with van der Waals surface area (Å²) in [4.78, 5) is 60.8. The van der Waals surface area contributed by atoms with Crippen LogP contribution in [0.15, 0.2) is 116 Å². The topological polar surface area (TPSA) is 195 Å². The van der Waals surface area contributed by atoms with Gasteiger partial charge in [0.2, 0.25) is 5.95 Å². The van der Waals surface area contributed by atoms with Gasteiger partial charge >= 0.3 is 5.95 Å². The maximum absolute atomic E-state index is 13.5. The highest BCUT2D eigenvalue weighted by molar-refractivity contribution is 5.99. The van der Waals surface area contributed by atoms with E-state index in [1.54, 1.807) is 23.5 Å². The number of nitrogens with zero attached hydrogens (tertiary/aromatic N) is 8. The normalized spacial score (nSPS) is 14.6. The Morgan fingerprint density at radius 3 is 2.24 bits per heavy atom. The van der Waals surface area contributed by atoms with Crippen molar-refractivity contribution in [1.29, 1.82) is 0 Å². The van der Waals surface area contributed by atoms with Gasteiger partial charge in [-0.25, -0.2) is 19.9 Å². The van der Waals surface area contributed by atoms with Crippen LogP contribution in [0.3, 0.4) is 0 Å². The third-order valence-electron chi connectivity index (χ3n) is 12.2. The van der Waals surface area contributed by atoms with Gasteiger partial charge in [-0.05, 0) is 104 Å². The van der Waals surface area contributed by atoms with Crippen LogP contribution in [0.1, 0.15) is 40.2 Å². The summed E-state index contributed by atoms with van der Waals surface area (Å²) in [6.45, 7) is 7.13. The first-order valence-electron chi connectivity index (χ1n) is 22.7. The zero-order valence-corrected chi connectivity index (χ0v) is 37.2. The molecule has 2 aliphatic rings. The molecule has 2 amide bonds. The standard InChI is InChI=1S/C50H51N13O4/c1-61(18-4-19-62-21-25-67-26-22-62)48(65)46-30-35-28-37(7-10-40(35)58-46)56-50-60-44(41-5-2-3-16-51-41)13-20-63(50)38-8-11-42(53-32-38)43-12-17-52-49(59-43)55-36-6-9-39-34(27-36)29-45(57-39)47(64)54-31-33-14-23-66-24-15-33/h2-3,5-13,16-17,20,27-30,32-33H,4,14-15,18-19,21-26,31H2,1H3,(H4,51,52,53,54,55,56,57,58,59,60,64,65)/p+1. The van der Waals surface area contributed by atoms with Crippen LogP contribution in [0, 0.1) is 5.92 Å². The number of rotatable bonds is 15. The minimum Gasteiger partial charge on any atom is -0.381 e. The molecule has 0 bridgehead atoms. The summed E-state index contributed by atoms with van der Waals surface area (Å²) >= 11 is 0. The summed E-state index contributed by atoms with van der Waals surface area (Å²) < 4.78 is 12.8. The van der Waals surface area contributed by atoms with Crippen molar-refractivity contribution in [3.05, 3.63) is 127 Å². The second-order valence-corrected chi connectivity index (χ2v) is 16.9. The highest BCUT2D eigenvalue weighted by atomic mass is 16.5. The predicted octanol–water partition coefficient (Wildman–Crippen LogP) is 6.67. The van der Waals surface area contributed by atoms with Gasteiger partial charge < -0.3 is 35.0 Å². The summed E-state index contributed by atoms with van der Waals surface area (Å²) in [5.74, 6) is 1.22. The molecule has 0 aliphatic carbocycles. The molecule has 17 heteroatoms. The minimum absolute atomic E-state index is 0.0475. The van der Waals surface area contributed by atoms with Crippen LogP contribution in [0.5, 0.6) is 0 Å². The van der Waals surface area contributed by atoms with E-state index in [2.05, 4.69) is 40.8 Å². The number of hydrogen-bond acceptors (Lipinski definition) is 12. The Bertz CT molecular complexity index is 3000. The number of H-pyrrole nitrogens is 2. The average Bonchev–Trinajstić information content (AvgIpc) is 4.01. The largest absolute Gasteiger partial charge is 0.402 e. The second-order valence-electron chi connectivity index (χ2n) is 16.9. The molecule has 0 atom stereocenters. The third-order valence-corrected chi connectivity index (χ3v) is 12.2. The molecule has 2 aliphatic heterocycles. The summed E-state index contributed by atoms with van der Waals surface area (Å²) in [5, 5.41) is 11.7. The molecule has 340 valence electrons. The van der Waals surface area contributed by atoms with Crippen LogP contribution in [-0.2, 0) is 9.47 Å². The lowest BCUT2D eigenvalue weighted by atomic mass is 10.0. The molecule has 17 nitrogen and oxygen atoms in total. The number of pyridine rings is 2. The fraction of sp³-hybridized carbons (Fsp3) is 0.280. The van der Waals surface area contributed by atoms with Gasteiger partial charge in [0, 0.05) is 98.9 Å². The van der Waals surface area contributed by atoms with Crippen LogP contribution in [-0.4, -0.2) is 123 Å². The van der Waals surface area contributed by atoms with Crippen molar-refractivity contribution in [3.63, 3.8) is 0 Å². The number of fused-ring (bicyclic) bond motifs is 2. The van der Waals surface area contributed by atoms with Gasteiger partial charge in [0.1, 0.15) is 22.8 Å². The Morgan fingerprint density at radius 2 is 1.48 bits per heavy atom. The van der Waals surface area contributed by atoms with Gasteiger partial charge in [-0.3, -0.25) is 24.5 Å². The lowest BCUT2D eigenvalue weighted by Crippen LogP contribution is -2.38. The molecule has 0 saturated carbocycles. The van der Waals surface area contributed by atoms with E-state index in [-0.39, 0.29) is 11.8 Å². The number of amides is 2. The van der Waals surface area contributed by atoms with Crippen molar-refractivity contribution < 1.29 is 23.6 Å². The smallest absolute Gasteiger partial charge is 0.381 e. The molecule has 0 spiro atoms. The molecule has 0 unspecified atom stereocenters. The first kappa shape index (κ1) is 43.3. The Labute approximate surface area is 387 Å². The van der Waals surface area contributed by atoms with Crippen molar-refractivity contribution >= 4 is 56.9 Å². The third kappa shape index (κ3) is 10.3. The molecule has 10 rings (SSSR count). The van der Waals surface area contributed by atoms with E-state index in [1.807, 2.05) is 109 Å². The Hall–Kier alpha value is -7.60. The molecule has 6 aromatic heterocycles. The molecule has 2 saturated heterocycles. The van der Waals surface area contributed by atoms with Crippen LogP contribution in [0.2, 0.25) is 0 Å². The van der Waals surface area contributed by atoms with E-state index in [4.69, 9.17) is 24.4 Å². The maximum atomic E-state index is 13.5. The van der Waals surface area contributed by atoms with E-state index >= 15 is 0 Å². The zero-order chi connectivity index (χ0) is 45.5. The molecule has 8 aromatic rings. The van der Waals surface area contributed by atoms with Gasteiger partial charge in [0.15, 0.2) is 5.69 Å². The minimum atomic E-state index is -0.122. The van der Waals surface area contributed by atoms with Crippen molar-refractivity contribution in [2.24, 2.45) is 5.92 Å². The number of nitrogens with one attached hydrogen (secondary N) is 5. The molecular weight excluding hydrogens is 847 g/mol. The number of carbonyl (C=O) groups is 2. The van der Waals surface area contributed by atoms with Crippen LogP contribution in [0.25, 0.3) is 50.3 Å². The molecule has 8 heterocycles. The monoisotopic (exact) mass is 898 g/mol. The Morgan fingerprint density at radius 1 is 0.746 bits per heavy atom. The van der Waals surface area contributed by atoms with E-state index in [0.717, 1.165) is 110 Å². The molecule has 2 fully saturated rings. The highest BCUT2D eigenvalue weighted by Crippen LogP contribution is 2.26. The van der Waals surface area contributed by atoms with E-state index < -0.39 is 0 Å².